The van der Waals surface area contributed by atoms with Crippen molar-refractivity contribution in [1.29, 1.82) is 0 Å². The van der Waals surface area contributed by atoms with E-state index in [2.05, 4.69) is 10.4 Å². The number of nitrogens with zero attached hydrogens (tertiary/aromatic N) is 4. The standard InChI is InChI=1S/C24H35N5O6S/c1-15(2)21(30)25-17-8-9-18(19(14-17)36(33,34)28-12-10-27(7)11-13-28)35-22-16(3)20(23(31)32)26-29(22)24(4,5)6/h8-9,14-15H,10-13H2,1-7H3,(H,25,30)(H,31,32). The van der Waals surface area contributed by atoms with Crippen LogP contribution in [0.15, 0.2) is 23.1 Å². The Hall–Kier alpha value is -2.96. The van der Waals surface area contributed by atoms with Crippen LogP contribution in [0.4, 0.5) is 5.69 Å². The number of carbonyl (C=O) groups is 2. The summed E-state index contributed by atoms with van der Waals surface area (Å²) in [6.45, 7) is 12.3. The third-order valence-corrected chi connectivity index (χ3v) is 7.85. The molecule has 0 saturated carbocycles. The van der Waals surface area contributed by atoms with E-state index in [1.165, 1.54) is 21.1 Å². The number of amides is 1. The molecule has 0 unspecified atom stereocenters. The highest BCUT2D eigenvalue weighted by Crippen LogP contribution is 2.37. The maximum atomic E-state index is 13.8. The molecule has 198 valence electrons. The first-order valence-corrected chi connectivity index (χ1v) is 13.2. The summed E-state index contributed by atoms with van der Waals surface area (Å²) in [6, 6.07) is 4.41. The van der Waals surface area contributed by atoms with Gasteiger partial charge in [-0.2, -0.15) is 9.40 Å². The predicted molar refractivity (Wildman–Crippen MR) is 135 cm³/mol. The van der Waals surface area contributed by atoms with Gasteiger partial charge in [-0.05, 0) is 52.9 Å². The van der Waals surface area contributed by atoms with Crippen molar-refractivity contribution in [3.63, 3.8) is 0 Å². The van der Waals surface area contributed by atoms with Crippen LogP contribution >= 0.6 is 0 Å². The van der Waals surface area contributed by atoms with Gasteiger partial charge in [0.25, 0.3) is 0 Å². The second-order valence-electron chi connectivity index (χ2n) is 10.3. The topological polar surface area (TPSA) is 134 Å². The van der Waals surface area contributed by atoms with E-state index in [4.69, 9.17) is 4.74 Å². The van der Waals surface area contributed by atoms with Crippen molar-refractivity contribution >= 4 is 27.6 Å². The number of aromatic carboxylic acids is 1. The van der Waals surface area contributed by atoms with Crippen molar-refractivity contribution in [2.45, 2.75) is 52.0 Å². The number of hydrogen-bond acceptors (Lipinski definition) is 7. The highest BCUT2D eigenvalue weighted by Gasteiger charge is 2.33. The molecule has 0 bridgehead atoms. The number of ether oxygens (including phenoxy) is 1. The average molecular weight is 522 g/mol. The molecule has 2 aromatic rings. The molecular weight excluding hydrogens is 486 g/mol. The fraction of sp³-hybridized carbons (Fsp3) is 0.542. The normalized spacial score (nSPS) is 15.8. The van der Waals surface area contributed by atoms with Gasteiger partial charge >= 0.3 is 5.97 Å². The van der Waals surface area contributed by atoms with Gasteiger partial charge < -0.3 is 20.1 Å². The maximum absolute atomic E-state index is 13.8. The first-order chi connectivity index (χ1) is 16.6. The molecule has 11 nitrogen and oxygen atoms in total. The molecule has 0 spiro atoms. The fourth-order valence-electron chi connectivity index (χ4n) is 3.69. The second kappa shape index (κ2) is 10.2. The predicted octanol–water partition coefficient (Wildman–Crippen LogP) is 2.97. The minimum Gasteiger partial charge on any atom is -0.476 e. The monoisotopic (exact) mass is 521 g/mol. The smallest absolute Gasteiger partial charge is 0.356 e. The van der Waals surface area contributed by atoms with E-state index >= 15 is 0 Å². The molecule has 12 heteroatoms. The molecule has 3 rings (SSSR count). The molecule has 1 aromatic carbocycles. The lowest BCUT2D eigenvalue weighted by molar-refractivity contribution is -0.118. The summed E-state index contributed by atoms with van der Waals surface area (Å²) in [5.74, 6) is -1.61. The van der Waals surface area contributed by atoms with E-state index in [-0.39, 0.29) is 39.6 Å². The number of carboxylic acids is 1. The minimum absolute atomic E-state index is 0.0157. The lowest BCUT2D eigenvalue weighted by atomic mass is 10.1. The molecule has 0 radical (unpaired) electrons. The number of nitrogens with one attached hydrogen (secondary N) is 1. The highest BCUT2D eigenvalue weighted by atomic mass is 32.2. The molecule has 0 atom stereocenters. The molecule has 1 aromatic heterocycles. The van der Waals surface area contributed by atoms with Crippen molar-refractivity contribution in [2.24, 2.45) is 5.92 Å². The van der Waals surface area contributed by atoms with Gasteiger partial charge in [0, 0.05) is 43.3 Å². The van der Waals surface area contributed by atoms with Crippen molar-refractivity contribution in [3.05, 3.63) is 29.5 Å². The first-order valence-electron chi connectivity index (χ1n) is 11.8. The van der Waals surface area contributed by atoms with Crippen LogP contribution in [-0.2, 0) is 20.4 Å². The minimum atomic E-state index is -4.00. The molecule has 36 heavy (non-hydrogen) atoms. The summed E-state index contributed by atoms with van der Waals surface area (Å²) in [5, 5.41) is 16.6. The second-order valence-corrected chi connectivity index (χ2v) is 12.2. The van der Waals surface area contributed by atoms with Crippen LogP contribution in [-0.4, -0.2) is 77.6 Å². The number of likely N-dealkylation sites (N-methyl/N-ethyl adjacent to an activating group) is 1. The number of piperazine rings is 1. The van der Waals surface area contributed by atoms with Crippen molar-refractivity contribution in [3.8, 4) is 11.6 Å². The van der Waals surface area contributed by atoms with Gasteiger partial charge in [-0.25, -0.2) is 17.9 Å². The van der Waals surface area contributed by atoms with Gasteiger partial charge in [0.2, 0.25) is 21.8 Å². The lowest BCUT2D eigenvalue weighted by Gasteiger charge is -2.32. The van der Waals surface area contributed by atoms with E-state index in [9.17, 15) is 23.1 Å². The first kappa shape index (κ1) is 27.6. The summed E-state index contributed by atoms with van der Waals surface area (Å²) in [4.78, 5) is 26.0. The zero-order valence-electron chi connectivity index (χ0n) is 21.8. The van der Waals surface area contributed by atoms with Gasteiger partial charge in [0.05, 0.1) is 5.54 Å². The Bertz CT molecular complexity index is 1250. The Morgan fingerprint density at radius 1 is 1.14 bits per heavy atom. The SMILES string of the molecule is Cc1c(C(=O)O)nn(C(C)(C)C)c1Oc1ccc(NC(=O)C(C)C)cc1S(=O)(=O)N1CCN(C)CC1. The summed E-state index contributed by atoms with van der Waals surface area (Å²) in [7, 11) is -2.07. The number of sulfonamides is 1. The summed E-state index contributed by atoms with van der Waals surface area (Å²) < 4.78 is 36.5. The van der Waals surface area contributed by atoms with Crippen molar-refractivity contribution in [2.75, 3.05) is 38.5 Å². The third kappa shape index (κ3) is 5.71. The number of aromatic nitrogens is 2. The van der Waals surface area contributed by atoms with Gasteiger partial charge in [0.1, 0.15) is 10.6 Å². The Morgan fingerprint density at radius 2 is 1.75 bits per heavy atom. The van der Waals surface area contributed by atoms with E-state index in [1.807, 2.05) is 32.7 Å². The highest BCUT2D eigenvalue weighted by molar-refractivity contribution is 7.89. The van der Waals surface area contributed by atoms with E-state index in [1.54, 1.807) is 26.8 Å². The Morgan fingerprint density at radius 3 is 2.28 bits per heavy atom. The van der Waals surface area contributed by atoms with Gasteiger partial charge in [-0.3, -0.25) is 4.79 Å². The summed E-state index contributed by atoms with van der Waals surface area (Å²) in [6.07, 6.45) is 0. The zero-order valence-corrected chi connectivity index (χ0v) is 22.6. The summed E-state index contributed by atoms with van der Waals surface area (Å²) in [5.41, 5.74) is -0.224. The van der Waals surface area contributed by atoms with Gasteiger partial charge in [0.15, 0.2) is 5.69 Å². The average Bonchev–Trinajstić information content (AvgIpc) is 3.11. The van der Waals surface area contributed by atoms with Gasteiger partial charge in [-0.15, -0.1) is 0 Å². The van der Waals surface area contributed by atoms with Crippen LogP contribution in [0.5, 0.6) is 11.6 Å². The quantitative estimate of drug-likeness (QED) is 0.568. The van der Waals surface area contributed by atoms with Crippen LogP contribution in [0.3, 0.4) is 0 Å². The largest absolute Gasteiger partial charge is 0.476 e. The molecule has 0 aliphatic carbocycles. The van der Waals surface area contributed by atoms with Crippen LogP contribution < -0.4 is 10.1 Å². The van der Waals surface area contributed by atoms with E-state index in [0.717, 1.165) is 0 Å². The number of rotatable bonds is 7. The zero-order chi connectivity index (χ0) is 27.0. The van der Waals surface area contributed by atoms with Crippen molar-refractivity contribution in [1.82, 2.24) is 19.0 Å². The van der Waals surface area contributed by atoms with Crippen LogP contribution in [0.2, 0.25) is 0 Å². The lowest BCUT2D eigenvalue weighted by Crippen LogP contribution is -2.47. The van der Waals surface area contributed by atoms with E-state index < -0.39 is 21.5 Å². The third-order valence-electron chi connectivity index (χ3n) is 5.93. The molecule has 1 aliphatic heterocycles. The number of anilines is 1. The fourth-order valence-corrected chi connectivity index (χ4v) is 5.25. The number of benzene rings is 1. The molecule has 1 aliphatic rings. The number of hydrogen-bond donors (Lipinski definition) is 2. The molecule has 1 saturated heterocycles. The van der Waals surface area contributed by atoms with Crippen LogP contribution in [0.25, 0.3) is 0 Å². The number of carboxylic acid groups (broad SMARTS) is 1. The molecule has 2 N–H and O–H groups in total. The van der Waals surface area contributed by atoms with Gasteiger partial charge in [-0.1, -0.05) is 13.8 Å². The Balaban J connectivity index is 2.14. The molecule has 1 fully saturated rings. The molecule has 2 heterocycles. The summed E-state index contributed by atoms with van der Waals surface area (Å²) >= 11 is 0. The van der Waals surface area contributed by atoms with Crippen LogP contribution in [0.1, 0.15) is 50.7 Å². The van der Waals surface area contributed by atoms with Crippen LogP contribution in [0, 0.1) is 12.8 Å². The molecular formula is C24H35N5O6S. The Labute approximate surface area is 212 Å². The number of carbonyl (C=O) groups excluding carboxylic acids is 1. The molecule has 1 amide bonds. The van der Waals surface area contributed by atoms with E-state index in [0.29, 0.717) is 31.9 Å². The maximum Gasteiger partial charge on any atom is 0.356 e. The Kier molecular flexibility index (Phi) is 7.82. The van der Waals surface area contributed by atoms with Crippen molar-refractivity contribution < 1.29 is 27.9 Å².